The SMILES string of the molecule is CCCc1cc(N2CC[C@H](NC3CCN(Cc4ccccc4)CC3)C2)nc(Nc2cccc(C#N)c2)n1. The molecule has 0 bridgehead atoms. The third kappa shape index (κ3) is 6.85. The van der Waals surface area contributed by atoms with Crippen molar-refractivity contribution in [2.45, 2.75) is 57.7 Å². The zero-order valence-corrected chi connectivity index (χ0v) is 21.7. The zero-order valence-electron chi connectivity index (χ0n) is 21.7. The van der Waals surface area contributed by atoms with E-state index in [0.29, 0.717) is 23.6 Å². The molecule has 1 aromatic heterocycles. The molecule has 2 fully saturated rings. The Kier molecular flexibility index (Phi) is 8.29. The van der Waals surface area contributed by atoms with Crippen molar-refractivity contribution in [1.29, 1.82) is 5.26 Å². The summed E-state index contributed by atoms with van der Waals surface area (Å²) in [5.74, 6) is 1.58. The van der Waals surface area contributed by atoms with Crippen molar-refractivity contribution in [3.05, 3.63) is 77.5 Å². The summed E-state index contributed by atoms with van der Waals surface area (Å²) in [7, 11) is 0. The molecule has 3 aromatic rings. The molecule has 192 valence electrons. The molecule has 2 saturated heterocycles. The number of benzene rings is 2. The lowest BCUT2D eigenvalue weighted by molar-refractivity contribution is 0.185. The minimum atomic E-state index is 0.485. The van der Waals surface area contributed by atoms with Gasteiger partial charge < -0.3 is 15.5 Å². The van der Waals surface area contributed by atoms with Crippen molar-refractivity contribution in [3.63, 3.8) is 0 Å². The van der Waals surface area contributed by atoms with Crippen LogP contribution in [0, 0.1) is 11.3 Å². The maximum atomic E-state index is 9.22. The molecule has 0 amide bonds. The highest BCUT2D eigenvalue weighted by Crippen LogP contribution is 2.24. The Bertz CT molecular complexity index is 1200. The zero-order chi connectivity index (χ0) is 25.5. The Morgan fingerprint density at radius 2 is 1.76 bits per heavy atom. The lowest BCUT2D eigenvalue weighted by Gasteiger charge is -2.34. The number of nitrogens with one attached hydrogen (secondary N) is 2. The smallest absolute Gasteiger partial charge is 0.229 e. The van der Waals surface area contributed by atoms with Gasteiger partial charge in [0.25, 0.3) is 0 Å². The largest absolute Gasteiger partial charge is 0.355 e. The monoisotopic (exact) mass is 495 g/mol. The van der Waals surface area contributed by atoms with Gasteiger partial charge in [-0.05, 0) is 62.5 Å². The minimum Gasteiger partial charge on any atom is -0.355 e. The van der Waals surface area contributed by atoms with Crippen LogP contribution in [0.3, 0.4) is 0 Å². The third-order valence-electron chi connectivity index (χ3n) is 7.34. The molecule has 2 N–H and O–H groups in total. The van der Waals surface area contributed by atoms with E-state index in [-0.39, 0.29) is 0 Å². The van der Waals surface area contributed by atoms with E-state index in [9.17, 15) is 5.26 Å². The fraction of sp³-hybridized carbons (Fsp3) is 0.433. The van der Waals surface area contributed by atoms with Crippen LogP contribution >= 0.6 is 0 Å². The van der Waals surface area contributed by atoms with E-state index >= 15 is 0 Å². The van der Waals surface area contributed by atoms with E-state index in [1.165, 1.54) is 18.4 Å². The van der Waals surface area contributed by atoms with Gasteiger partial charge in [-0.3, -0.25) is 4.90 Å². The summed E-state index contributed by atoms with van der Waals surface area (Å²) in [6.07, 6.45) is 5.48. The number of nitrogens with zero attached hydrogens (tertiary/aromatic N) is 5. The molecule has 7 nitrogen and oxygen atoms in total. The van der Waals surface area contributed by atoms with Gasteiger partial charge in [-0.15, -0.1) is 0 Å². The minimum absolute atomic E-state index is 0.485. The normalized spacial score (nSPS) is 18.6. The molecule has 2 aliphatic rings. The summed E-state index contributed by atoms with van der Waals surface area (Å²) in [5, 5.41) is 16.5. The molecule has 0 unspecified atom stereocenters. The second-order valence-electron chi connectivity index (χ2n) is 10.2. The molecule has 5 rings (SSSR count). The van der Waals surface area contributed by atoms with Gasteiger partial charge in [-0.25, -0.2) is 4.98 Å². The predicted octanol–water partition coefficient (Wildman–Crippen LogP) is 4.88. The van der Waals surface area contributed by atoms with Crippen molar-refractivity contribution >= 4 is 17.5 Å². The Morgan fingerprint density at radius 3 is 2.54 bits per heavy atom. The first-order chi connectivity index (χ1) is 18.2. The van der Waals surface area contributed by atoms with E-state index in [4.69, 9.17) is 9.97 Å². The maximum absolute atomic E-state index is 9.22. The molecule has 0 radical (unpaired) electrons. The predicted molar refractivity (Wildman–Crippen MR) is 149 cm³/mol. The number of nitriles is 1. The van der Waals surface area contributed by atoms with E-state index in [2.05, 4.69) is 69.8 Å². The van der Waals surface area contributed by atoms with Gasteiger partial charge in [-0.1, -0.05) is 49.7 Å². The van der Waals surface area contributed by atoms with Gasteiger partial charge >= 0.3 is 0 Å². The quantitative estimate of drug-likeness (QED) is 0.438. The Balaban J connectivity index is 1.17. The average Bonchev–Trinajstić information content (AvgIpc) is 3.39. The molecule has 2 aliphatic heterocycles. The van der Waals surface area contributed by atoms with Gasteiger partial charge in [0.05, 0.1) is 11.6 Å². The fourth-order valence-corrected chi connectivity index (χ4v) is 5.42. The van der Waals surface area contributed by atoms with Crippen LogP contribution in [0.1, 0.15) is 49.4 Å². The molecule has 0 aliphatic carbocycles. The van der Waals surface area contributed by atoms with Crippen molar-refractivity contribution < 1.29 is 0 Å². The van der Waals surface area contributed by atoms with Crippen LogP contribution in [0.5, 0.6) is 0 Å². The highest BCUT2D eigenvalue weighted by molar-refractivity contribution is 5.58. The van der Waals surface area contributed by atoms with E-state index in [1.54, 1.807) is 6.07 Å². The summed E-state index contributed by atoms with van der Waals surface area (Å²) in [6, 6.07) is 23.6. The summed E-state index contributed by atoms with van der Waals surface area (Å²) in [4.78, 5) is 14.6. The first-order valence-corrected chi connectivity index (χ1v) is 13.6. The second-order valence-corrected chi connectivity index (χ2v) is 10.2. The van der Waals surface area contributed by atoms with Crippen LogP contribution in [0.25, 0.3) is 0 Å². The summed E-state index contributed by atoms with van der Waals surface area (Å²) in [5.41, 5.74) is 3.90. The first kappa shape index (κ1) is 25.2. The third-order valence-corrected chi connectivity index (χ3v) is 7.34. The van der Waals surface area contributed by atoms with Crippen molar-refractivity contribution in [2.75, 3.05) is 36.4 Å². The Morgan fingerprint density at radius 1 is 0.946 bits per heavy atom. The molecule has 0 spiro atoms. The average molecular weight is 496 g/mol. The molecule has 7 heteroatoms. The van der Waals surface area contributed by atoms with Gasteiger partial charge in [0, 0.05) is 49.2 Å². The number of piperidine rings is 1. The van der Waals surface area contributed by atoms with Crippen molar-refractivity contribution in [3.8, 4) is 6.07 Å². The van der Waals surface area contributed by atoms with Gasteiger partial charge in [-0.2, -0.15) is 10.2 Å². The number of anilines is 3. The molecular weight excluding hydrogens is 458 g/mol. The van der Waals surface area contributed by atoms with Gasteiger partial charge in [0.2, 0.25) is 5.95 Å². The van der Waals surface area contributed by atoms with Gasteiger partial charge in [0.15, 0.2) is 0 Å². The fourth-order valence-electron chi connectivity index (χ4n) is 5.42. The van der Waals surface area contributed by atoms with Crippen LogP contribution in [0.2, 0.25) is 0 Å². The summed E-state index contributed by atoms with van der Waals surface area (Å²) < 4.78 is 0. The van der Waals surface area contributed by atoms with Crippen LogP contribution in [0.4, 0.5) is 17.5 Å². The van der Waals surface area contributed by atoms with E-state index in [1.807, 2.05) is 18.2 Å². The number of rotatable bonds is 9. The second kappa shape index (κ2) is 12.2. The Labute approximate surface area is 220 Å². The number of aromatic nitrogens is 2. The Hall–Kier alpha value is -3.47. The molecule has 0 saturated carbocycles. The summed E-state index contributed by atoms with van der Waals surface area (Å²) in [6.45, 7) is 7.49. The summed E-state index contributed by atoms with van der Waals surface area (Å²) >= 11 is 0. The van der Waals surface area contributed by atoms with Crippen LogP contribution in [-0.4, -0.2) is 53.1 Å². The van der Waals surface area contributed by atoms with Crippen LogP contribution in [-0.2, 0) is 13.0 Å². The highest BCUT2D eigenvalue weighted by Gasteiger charge is 2.28. The van der Waals surface area contributed by atoms with Gasteiger partial charge in [0.1, 0.15) is 5.82 Å². The lowest BCUT2D eigenvalue weighted by atomic mass is 10.0. The molecule has 2 aromatic carbocycles. The molecular formula is C30H37N7. The van der Waals surface area contributed by atoms with Crippen molar-refractivity contribution in [1.82, 2.24) is 20.2 Å². The van der Waals surface area contributed by atoms with E-state index in [0.717, 1.165) is 69.2 Å². The van der Waals surface area contributed by atoms with Crippen LogP contribution in [0.15, 0.2) is 60.7 Å². The molecule has 3 heterocycles. The van der Waals surface area contributed by atoms with E-state index < -0.39 is 0 Å². The molecule has 1 atom stereocenters. The molecule has 37 heavy (non-hydrogen) atoms. The number of hydrogen-bond donors (Lipinski definition) is 2. The first-order valence-electron chi connectivity index (χ1n) is 13.6. The number of aryl methyl sites for hydroxylation is 1. The lowest BCUT2D eigenvalue weighted by Crippen LogP contribution is -2.46. The van der Waals surface area contributed by atoms with Crippen LogP contribution < -0.4 is 15.5 Å². The topological polar surface area (TPSA) is 80.1 Å². The standard InChI is InChI=1S/C30H37N7/c1-2-7-26-19-29(35-30(33-26)34-27-11-6-10-24(18-27)20-31)37-17-14-28(22-37)32-25-12-15-36(16-13-25)21-23-8-4-3-5-9-23/h3-6,8-11,18-19,25,28,32H,2,7,12-17,21-22H2,1H3,(H,33,34,35)/t28-/m0/s1. The number of hydrogen-bond acceptors (Lipinski definition) is 7. The van der Waals surface area contributed by atoms with Crippen molar-refractivity contribution in [2.24, 2.45) is 0 Å². The maximum Gasteiger partial charge on any atom is 0.229 e. The highest BCUT2D eigenvalue weighted by atomic mass is 15.3. The number of likely N-dealkylation sites (tertiary alicyclic amines) is 1.